The van der Waals surface area contributed by atoms with Gasteiger partial charge in [-0.05, 0) is 12.8 Å². The lowest BCUT2D eigenvalue weighted by atomic mass is 10.1. The molecule has 0 amide bonds. The Hall–Kier alpha value is -1.62. The predicted molar refractivity (Wildman–Crippen MR) is 74.8 cm³/mol. The Kier molecular flexibility index (Phi) is 12.0. The first-order valence-corrected chi connectivity index (χ1v) is 7.39. The maximum absolute atomic E-state index is 8.56. The number of rotatable bonds is 0. The molecule has 2 aliphatic rings. The van der Waals surface area contributed by atoms with Crippen LogP contribution in [0.2, 0.25) is 0 Å². The van der Waals surface area contributed by atoms with E-state index in [4.69, 9.17) is 49.6 Å². The maximum atomic E-state index is 8.56. The molecule has 2 saturated heterocycles. The van der Waals surface area contributed by atoms with Crippen molar-refractivity contribution in [3.05, 3.63) is 0 Å². The van der Waals surface area contributed by atoms with Crippen LogP contribution in [0.4, 0.5) is 9.59 Å². The lowest BCUT2D eigenvalue weighted by molar-refractivity contribution is -0.368. The van der Waals surface area contributed by atoms with Crippen molar-refractivity contribution in [2.75, 3.05) is 6.61 Å². The van der Waals surface area contributed by atoms with Crippen LogP contribution in [0.25, 0.3) is 0 Å². The van der Waals surface area contributed by atoms with Gasteiger partial charge in [0.25, 0.3) is 0 Å². The third kappa shape index (κ3) is 16.6. The smallest absolute Gasteiger partial charge is 0.450 e. The van der Waals surface area contributed by atoms with Crippen molar-refractivity contribution in [1.29, 1.82) is 0 Å². The zero-order chi connectivity index (χ0) is 17.6. The van der Waals surface area contributed by atoms with E-state index in [9.17, 15) is 0 Å². The van der Waals surface area contributed by atoms with Crippen LogP contribution in [-0.2, 0) is 19.6 Å². The van der Waals surface area contributed by atoms with E-state index in [1.807, 2.05) is 0 Å². The lowest BCUT2D eigenvalue weighted by Crippen LogP contribution is -2.16. The van der Waals surface area contributed by atoms with Gasteiger partial charge in [0.1, 0.15) is 0 Å². The van der Waals surface area contributed by atoms with E-state index in [0.717, 1.165) is 19.3 Å². The molecule has 10 nitrogen and oxygen atoms in total. The van der Waals surface area contributed by atoms with Gasteiger partial charge in [-0.2, -0.15) is 14.7 Å². The maximum Gasteiger partial charge on any atom is 0.503 e. The molecule has 1 spiro atoms. The molecule has 10 heteroatoms. The quantitative estimate of drug-likeness (QED) is 0.379. The summed E-state index contributed by atoms with van der Waals surface area (Å²) < 4.78 is 0. The summed E-state index contributed by atoms with van der Waals surface area (Å²) in [5.74, 6) is -0.853. The van der Waals surface area contributed by atoms with Gasteiger partial charge >= 0.3 is 18.3 Å². The highest BCUT2D eigenvalue weighted by molar-refractivity contribution is 5.53. The Morgan fingerprint density at radius 2 is 1.04 bits per heavy atom. The fourth-order valence-corrected chi connectivity index (χ4v) is 1.89. The van der Waals surface area contributed by atoms with Gasteiger partial charge in [-0.25, -0.2) is 14.5 Å². The third-order valence-corrected chi connectivity index (χ3v) is 2.92. The zero-order valence-electron chi connectivity index (χ0n) is 12.8. The molecule has 0 unspecified atom stereocenters. The van der Waals surface area contributed by atoms with Crippen LogP contribution in [0, 0.1) is 0 Å². The van der Waals surface area contributed by atoms with Crippen LogP contribution < -0.4 is 0 Å². The van der Waals surface area contributed by atoms with Gasteiger partial charge in [-0.3, -0.25) is 0 Å². The molecule has 0 bridgehead atoms. The number of hydrogen-bond donors (Lipinski definition) is 4. The molecule has 0 radical (unpaired) electrons. The molecule has 0 saturated carbocycles. The first kappa shape index (κ1) is 21.4. The van der Waals surface area contributed by atoms with E-state index in [0.29, 0.717) is 6.61 Å². The van der Waals surface area contributed by atoms with E-state index in [-0.39, 0.29) is 0 Å². The molecular weight excluding hydrogens is 316 g/mol. The van der Waals surface area contributed by atoms with Gasteiger partial charge in [0.15, 0.2) is 0 Å². The van der Waals surface area contributed by atoms with Gasteiger partial charge in [-0.15, -0.1) is 0 Å². The van der Waals surface area contributed by atoms with Crippen LogP contribution in [-0.4, -0.2) is 45.3 Å². The molecule has 2 aliphatic heterocycles. The minimum atomic E-state index is -1.83. The average Bonchev–Trinajstić information content (AvgIpc) is 3.17. The molecule has 4 N–H and O–H groups in total. The van der Waals surface area contributed by atoms with Gasteiger partial charge in [-0.1, -0.05) is 38.5 Å². The van der Waals surface area contributed by atoms with Crippen molar-refractivity contribution in [2.24, 2.45) is 0 Å². The molecule has 0 aromatic heterocycles. The topological polar surface area (TPSA) is 159 Å². The molecule has 2 heterocycles. The molecule has 0 aromatic rings. The predicted octanol–water partition coefficient (Wildman–Crippen LogP) is 3.52. The van der Waals surface area contributed by atoms with Crippen LogP contribution >= 0.6 is 0 Å². The van der Waals surface area contributed by atoms with Gasteiger partial charge < -0.3 is 20.4 Å². The molecule has 0 aliphatic carbocycles. The van der Waals surface area contributed by atoms with E-state index in [2.05, 4.69) is 0 Å². The van der Waals surface area contributed by atoms with E-state index in [1.54, 1.807) is 0 Å². The highest BCUT2D eigenvalue weighted by Crippen LogP contribution is 2.36. The van der Waals surface area contributed by atoms with Crippen LogP contribution in [0.15, 0.2) is 0 Å². The Labute approximate surface area is 133 Å². The number of carbonyl (C=O) groups is 2. The average molecular weight is 340 g/mol. The molecule has 0 aromatic carbocycles. The van der Waals surface area contributed by atoms with Gasteiger partial charge in [0.2, 0.25) is 0 Å². The minimum Gasteiger partial charge on any atom is -0.450 e. The summed E-state index contributed by atoms with van der Waals surface area (Å²) in [5, 5.41) is 27.9. The summed E-state index contributed by atoms with van der Waals surface area (Å²) in [5.41, 5.74) is 0. The van der Waals surface area contributed by atoms with Crippen LogP contribution in [0.5, 0.6) is 0 Å². The van der Waals surface area contributed by atoms with Crippen molar-refractivity contribution in [3.8, 4) is 0 Å². The molecule has 2 fully saturated rings. The monoisotopic (exact) mass is 340 g/mol. The van der Waals surface area contributed by atoms with Crippen molar-refractivity contribution < 1.29 is 49.6 Å². The SMILES string of the molecule is C1CCCCCC2(OOCCCC1)OO2.O=C(O)O.O=C(O)O. The second kappa shape index (κ2) is 12.9. The normalized spacial score (nSPS) is 20.9. The van der Waals surface area contributed by atoms with Crippen molar-refractivity contribution >= 4 is 12.3 Å². The second-order valence-corrected chi connectivity index (χ2v) is 4.90. The minimum absolute atomic E-state index is 0.633. The molecule has 0 atom stereocenters. The summed E-state index contributed by atoms with van der Waals surface area (Å²) >= 11 is 0. The highest BCUT2D eigenvalue weighted by Gasteiger charge is 2.52. The lowest BCUT2D eigenvalue weighted by Gasteiger charge is -2.06. The zero-order valence-corrected chi connectivity index (χ0v) is 12.8. The number of hydrogen-bond acceptors (Lipinski definition) is 6. The second-order valence-electron chi connectivity index (χ2n) is 4.90. The Bertz CT molecular complexity index is 293. The van der Waals surface area contributed by atoms with Crippen molar-refractivity contribution in [2.45, 2.75) is 63.8 Å². The standard InChI is InChI=1S/C11H20O4.2CH2O3/c1-2-4-6-8-10-12-13-11(14-15-11)9-7-5-3-1;2*2-1(3)4/h1-10H2;2*(H2,2,3,4). The summed E-state index contributed by atoms with van der Waals surface area (Å²) in [7, 11) is 0. The fraction of sp³-hybridized carbons (Fsp3) is 0.846. The van der Waals surface area contributed by atoms with Crippen molar-refractivity contribution in [1.82, 2.24) is 0 Å². The van der Waals surface area contributed by atoms with E-state index in [1.165, 1.54) is 38.5 Å². The number of carboxylic acid groups (broad SMARTS) is 4. The molecule has 2 rings (SSSR count). The fourth-order valence-electron chi connectivity index (χ4n) is 1.89. The summed E-state index contributed by atoms with van der Waals surface area (Å²) in [6, 6.07) is 0. The summed E-state index contributed by atoms with van der Waals surface area (Å²) in [4.78, 5) is 36.9. The summed E-state index contributed by atoms with van der Waals surface area (Å²) in [6.07, 6.45) is 6.97. The Morgan fingerprint density at radius 3 is 1.48 bits per heavy atom. The molecule has 23 heavy (non-hydrogen) atoms. The van der Waals surface area contributed by atoms with E-state index < -0.39 is 18.3 Å². The first-order chi connectivity index (χ1) is 10.9. The highest BCUT2D eigenvalue weighted by atomic mass is 17.5. The van der Waals surface area contributed by atoms with E-state index >= 15 is 0 Å². The van der Waals surface area contributed by atoms with Gasteiger partial charge in [0, 0.05) is 6.42 Å². The largest absolute Gasteiger partial charge is 0.503 e. The van der Waals surface area contributed by atoms with Crippen LogP contribution in [0.3, 0.4) is 0 Å². The first-order valence-electron chi connectivity index (χ1n) is 7.39. The molecule has 136 valence electrons. The Morgan fingerprint density at radius 1 is 0.652 bits per heavy atom. The van der Waals surface area contributed by atoms with Gasteiger partial charge in [0.05, 0.1) is 6.61 Å². The Balaban J connectivity index is 0.000000509. The third-order valence-electron chi connectivity index (χ3n) is 2.92. The molecular formula is C13H24O10. The summed E-state index contributed by atoms with van der Waals surface area (Å²) in [6.45, 7) is 0.633. The van der Waals surface area contributed by atoms with Crippen LogP contribution in [0.1, 0.15) is 57.8 Å². The van der Waals surface area contributed by atoms with Crippen molar-refractivity contribution in [3.63, 3.8) is 0 Å².